The molecule has 1 N–H and O–H groups in total. The van der Waals surface area contributed by atoms with Crippen molar-refractivity contribution in [3.8, 4) is 11.4 Å². The van der Waals surface area contributed by atoms with E-state index >= 15 is 0 Å². The molecule has 1 amide bonds. The van der Waals surface area contributed by atoms with Crippen molar-refractivity contribution in [3.63, 3.8) is 0 Å². The van der Waals surface area contributed by atoms with E-state index in [9.17, 15) is 4.79 Å². The van der Waals surface area contributed by atoms with E-state index in [-0.39, 0.29) is 12.5 Å². The van der Waals surface area contributed by atoms with Crippen molar-refractivity contribution in [1.29, 1.82) is 0 Å². The number of nitrogens with one attached hydrogen (secondary N) is 1. The topological polar surface area (TPSA) is 46.9 Å². The summed E-state index contributed by atoms with van der Waals surface area (Å²) in [5, 5.41) is 2.99. The number of unbranched alkanes of at least 4 members (excludes halogenated alkanes) is 1. The average molecular weight is 321 g/mol. The predicted molar refractivity (Wildman–Crippen MR) is 97.8 cm³/mol. The normalized spacial score (nSPS) is 10.9. The molecule has 0 aliphatic heterocycles. The summed E-state index contributed by atoms with van der Waals surface area (Å²) in [5.74, 6) is 0.867. The molecule has 1 heterocycles. The number of hydrogen-bond acceptors (Lipinski definition) is 2. The quantitative estimate of drug-likeness (QED) is 0.699. The predicted octanol–water partition coefficient (Wildman–Crippen LogP) is 3.93. The highest BCUT2D eigenvalue weighted by atomic mass is 16.1. The Hall–Kier alpha value is -2.62. The summed E-state index contributed by atoms with van der Waals surface area (Å²) in [5.41, 5.74) is 4.11. The second-order valence-corrected chi connectivity index (χ2v) is 6.08. The lowest BCUT2D eigenvalue weighted by Gasteiger charge is -2.10. The molecular formula is C20H23N3O. The lowest BCUT2D eigenvalue weighted by molar-refractivity contribution is -0.121. The number of amides is 1. The van der Waals surface area contributed by atoms with E-state index in [1.54, 1.807) is 0 Å². The van der Waals surface area contributed by atoms with Gasteiger partial charge in [0.15, 0.2) is 0 Å². The Bertz CT molecular complexity index is 851. The summed E-state index contributed by atoms with van der Waals surface area (Å²) < 4.78 is 2.01. The molecule has 4 nitrogen and oxygen atoms in total. The molecule has 0 unspecified atom stereocenters. The molecule has 3 aromatic rings. The van der Waals surface area contributed by atoms with Crippen molar-refractivity contribution in [1.82, 2.24) is 14.9 Å². The van der Waals surface area contributed by atoms with Crippen LogP contribution in [0.25, 0.3) is 22.4 Å². The van der Waals surface area contributed by atoms with Crippen LogP contribution in [0, 0.1) is 6.92 Å². The lowest BCUT2D eigenvalue weighted by Crippen LogP contribution is -2.28. The van der Waals surface area contributed by atoms with Crippen molar-refractivity contribution < 1.29 is 4.79 Å². The summed E-state index contributed by atoms with van der Waals surface area (Å²) in [6.45, 7) is 5.19. The van der Waals surface area contributed by atoms with Crippen LogP contribution in [-0.2, 0) is 11.3 Å². The number of aromatic nitrogens is 2. The fourth-order valence-corrected chi connectivity index (χ4v) is 2.84. The van der Waals surface area contributed by atoms with Crippen molar-refractivity contribution >= 4 is 16.9 Å². The zero-order valence-electron chi connectivity index (χ0n) is 14.2. The second-order valence-electron chi connectivity index (χ2n) is 6.08. The minimum Gasteiger partial charge on any atom is -0.355 e. The largest absolute Gasteiger partial charge is 0.355 e. The van der Waals surface area contributed by atoms with Crippen molar-refractivity contribution in [3.05, 3.63) is 54.1 Å². The molecule has 0 saturated carbocycles. The molecule has 0 aliphatic carbocycles. The van der Waals surface area contributed by atoms with E-state index in [0.29, 0.717) is 0 Å². The molecule has 3 rings (SSSR count). The summed E-state index contributed by atoms with van der Waals surface area (Å²) in [7, 11) is 0. The van der Waals surface area contributed by atoms with E-state index in [2.05, 4.69) is 31.3 Å². The first kappa shape index (κ1) is 16.2. The van der Waals surface area contributed by atoms with E-state index in [4.69, 9.17) is 4.98 Å². The van der Waals surface area contributed by atoms with Crippen LogP contribution in [0.5, 0.6) is 0 Å². The number of carbonyl (C=O) groups is 1. The zero-order valence-corrected chi connectivity index (χ0v) is 14.2. The van der Waals surface area contributed by atoms with Gasteiger partial charge < -0.3 is 9.88 Å². The van der Waals surface area contributed by atoms with Crippen LogP contribution in [0.1, 0.15) is 25.3 Å². The minimum atomic E-state index is 0.0282. The van der Waals surface area contributed by atoms with Crippen LogP contribution in [0.2, 0.25) is 0 Å². The number of aryl methyl sites for hydroxylation is 1. The first-order valence-corrected chi connectivity index (χ1v) is 8.48. The molecule has 0 fully saturated rings. The van der Waals surface area contributed by atoms with Gasteiger partial charge >= 0.3 is 0 Å². The van der Waals surface area contributed by atoms with Crippen molar-refractivity contribution in [2.75, 3.05) is 6.54 Å². The standard InChI is InChI=1S/C20H23N3O/c1-3-4-12-21-19(24)14-23-18-11-6-5-10-17(18)22-20(23)16-9-7-8-15(2)13-16/h5-11,13H,3-4,12,14H2,1-2H3,(H,21,24). The highest BCUT2D eigenvalue weighted by Gasteiger charge is 2.14. The van der Waals surface area contributed by atoms with Gasteiger partial charge in [-0.25, -0.2) is 4.98 Å². The Kier molecular flexibility index (Phi) is 4.94. The van der Waals surface area contributed by atoms with Gasteiger partial charge in [0.1, 0.15) is 12.4 Å². The number of fused-ring (bicyclic) bond motifs is 1. The fraction of sp³-hybridized carbons (Fsp3) is 0.300. The molecule has 24 heavy (non-hydrogen) atoms. The number of benzene rings is 2. The minimum absolute atomic E-state index is 0.0282. The molecular weight excluding hydrogens is 298 g/mol. The van der Waals surface area contributed by atoms with Crippen LogP contribution in [0.15, 0.2) is 48.5 Å². The van der Waals surface area contributed by atoms with Crippen LogP contribution in [-0.4, -0.2) is 22.0 Å². The Balaban J connectivity index is 1.98. The number of hydrogen-bond donors (Lipinski definition) is 1. The first-order valence-electron chi connectivity index (χ1n) is 8.48. The van der Waals surface area contributed by atoms with E-state index < -0.39 is 0 Å². The Morgan fingerprint density at radius 2 is 2.00 bits per heavy atom. The van der Waals surface area contributed by atoms with Crippen LogP contribution >= 0.6 is 0 Å². The molecule has 0 bridgehead atoms. The third kappa shape index (κ3) is 3.48. The maximum absolute atomic E-state index is 12.3. The SMILES string of the molecule is CCCCNC(=O)Cn1c(-c2cccc(C)c2)nc2ccccc21. The molecule has 0 aliphatic rings. The molecule has 2 aromatic carbocycles. The van der Waals surface area contributed by atoms with Gasteiger partial charge in [-0.1, -0.05) is 49.2 Å². The number of carbonyl (C=O) groups excluding carboxylic acids is 1. The maximum Gasteiger partial charge on any atom is 0.240 e. The van der Waals surface area contributed by atoms with Gasteiger partial charge in [-0.3, -0.25) is 4.79 Å². The Morgan fingerprint density at radius 1 is 1.17 bits per heavy atom. The van der Waals surface area contributed by atoms with Gasteiger partial charge in [0.25, 0.3) is 0 Å². The van der Waals surface area contributed by atoms with E-state index in [0.717, 1.165) is 41.8 Å². The van der Waals surface area contributed by atoms with Gasteiger partial charge in [-0.2, -0.15) is 0 Å². The molecule has 1 aromatic heterocycles. The lowest BCUT2D eigenvalue weighted by atomic mass is 10.1. The molecule has 0 atom stereocenters. The number of para-hydroxylation sites is 2. The van der Waals surface area contributed by atoms with Gasteiger partial charge in [-0.15, -0.1) is 0 Å². The first-order chi connectivity index (χ1) is 11.7. The molecule has 0 saturated heterocycles. The molecule has 124 valence electrons. The highest BCUT2D eigenvalue weighted by Crippen LogP contribution is 2.25. The van der Waals surface area contributed by atoms with Gasteiger partial charge in [0.05, 0.1) is 11.0 Å². The number of nitrogens with zero attached hydrogens (tertiary/aromatic N) is 2. The van der Waals surface area contributed by atoms with Crippen molar-refractivity contribution in [2.45, 2.75) is 33.2 Å². The smallest absolute Gasteiger partial charge is 0.240 e. The second kappa shape index (κ2) is 7.30. The van der Waals surface area contributed by atoms with Gasteiger partial charge in [0.2, 0.25) is 5.91 Å². The maximum atomic E-state index is 12.3. The van der Waals surface area contributed by atoms with Gasteiger partial charge in [0, 0.05) is 12.1 Å². The zero-order chi connectivity index (χ0) is 16.9. The van der Waals surface area contributed by atoms with Crippen LogP contribution in [0.4, 0.5) is 0 Å². The van der Waals surface area contributed by atoms with Crippen LogP contribution < -0.4 is 5.32 Å². The third-order valence-corrected chi connectivity index (χ3v) is 4.09. The van der Waals surface area contributed by atoms with Gasteiger partial charge in [-0.05, 0) is 31.5 Å². The molecule has 4 heteroatoms. The summed E-state index contributed by atoms with van der Waals surface area (Å²) in [6, 6.07) is 16.2. The van der Waals surface area contributed by atoms with E-state index in [1.165, 1.54) is 5.56 Å². The monoisotopic (exact) mass is 321 g/mol. The van der Waals surface area contributed by atoms with Crippen LogP contribution in [0.3, 0.4) is 0 Å². The summed E-state index contributed by atoms with van der Waals surface area (Å²) >= 11 is 0. The molecule has 0 spiro atoms. The summed E-state index contributed by atoms with van der Waals surface area (Å²) in [4.78, 5) is 17.1. The highest BCUT2D eigenvalue weighted by molar-refractivity contribution is 5.84. The average Bonchev–Trinajstić information content (AvgIpc) is 2.94. The number of rotatable bonds is 6. The number of imidazole rings is 1. The fourth-order valence-electron chi connectivity index (χ4n) is 2.84. The van der Waals surface area contributed by atoms with Crippen molar-refractivity contribution in [2.24, 2.45) is 0 Å². The Labute approximate surface area is 142 Å². The van der Waals surface area contributed by atoms with E-state index in [1.807, 2.05) is 41.0 Å². The molecule has 0 radical (unpaired) electrons. The third-order valence-electron chi connectivity index (χ3n) is 4.09. The Morgan fingerprint density at radius 3 is 2.79 bits per heavy atom. The summed E-state index contributed by atoms with van der Waals surface area (Å²) in [6.07, 6.45) is 2.07.